The van der Waals surface area contributed by atoms with Crippen molar-refractivity contribution in [3.05, 3.63) is 59.8 Å². The Morgan fingerprint density at radius 2 is 2.00 bits per heavy atom. The minimum atomic E-state index is -0.400. The van der Waals surface area contributed by atoms with Crippen LogP contribution in [0.25, 0.3) is 11.0 Å². The van der Waals surface area contributed by atoms with Gasteiger partial charge in [-0.05, 0) is 24.5 Å². The van der Waals surface area contributed by atoms with E-state index in [4.69, 9.17) is 0 Å². The lowest BCUT2D eigenvalue weighted by molar-refractivity contribution is 0.623. The van der Waals surface area contributed by atoms with Crippen LogP contribution >= 0.6 is 0 Å². The van der Waals surface area contributed by atoms with Crippen molar-refractivity contribution >= 4 is 16.9 Å². The number of halogens is 1. The summed E-state index contributed by atoms with van der Waals surface area (Å²) >= 11 is 0. The number of hydrogen-bond donors (Lipinski definition) is 1. The molecule has 4 nitrogen and oxygen atoms in total. The average Bonchev–Trinajstić information content (AvgIpc) is 2.53. The van der Waals surface area contributed by atoms with Gasteiger partial charge in [-0.15, -0.1) is 0 Å². The Morgan fingerprint density at radius 1 is 1.18 bits per heavy atom. The third-order valence-corrected chi connectivity index (χ3v) is 3.73. The lowest BCUT2D eigenvalue weighted by Crippen LogP contribution is -2.13. The van der Waals surface area contributed by atoms with E-state index in [-0.39, 0.29) is 6.04 Å². The summed E-state index contributed by atoms with van der Waals surface area (Å²) in [5.41, 5.74) is 3.52. The molecule has 0 spiro atoms. The van der Waals surface area contributed by atoms with E-state index in [1.54, 1.807) is 0 Å². The average molecular weight is 296 g/mol. The predicted octanol–water partition coefficient (Wildman–Crippen LogP) is 4.04. The van der Waals surface area contributed by atoms with Crippen molar-refractivity contribution in [1.29, 1.82) is 0 Å². The molecule has 0 saturated heterocycles. The standard InChI is InChI=1S/C17H17FN4/c1-3-14(13-7-5-4-6-11(13)2)22-17-16-15(20-10-21-17)8-12(18)9-19-16/h4-10,14H,3H2,1-2H3,(H,20,21,22). The van der Waals surface area contributed by atoms with E-state index in [0.29, 0.717) is 16.9 Å². The van der Waals surface area contributed by atoms with Gasteiger partial charge in [0.25, 0.3) is 0 Å². The number of aryl methyl sites for hydroxylation is 1. The van der Waals surface area contributed by atoms with Crippen LogP contribution in [0.4, 0.5) is 10.2 Å². The van der Waals surface area contributed by atoms with Gasteiger partial charge < -0.3 is 5.32 Å². The monoisotopic (exact) mass is 296 g/mol. The minimum Gasteiger partial charge on any atom is -0.361 e. The van der Waals surface area contributed by atoms with Gasteiger partial charge in [0.05, 0.1) is 17.8 Å². The molecular formula is C17H17FN4. The maximum Gasteiger partial charge on any atom is 0.156 e. The number of anilines is 1. The van der Waals surface area contributed by atoms with Crippen molar-refractivity contribution in [2.75, 3.05) is 5.32 Å². The van der Waals surface area contributed by atoms with Gasteiger partial charge in [0.1, 0.15) is 17.7 Å². The number of nitrogens with one attached hydrogen (secondary N) is 1. The number of pyridine rings is 1. The smallest absolute Gasteiger partial charge is 0.156 e. The molecule has 22 heavy (non-hydrogen) atoms. The minimum absolute atomic E-state index is 0.117. The highest BCUT2D eigenvalue weighted by atomic mass is 19.1. The number of aromatic nitrogens is 3. The molecule has 1 atom stereocenters. The highest BCUT2D eigenvalue weighted by molar-refractivity contribution is 5.84. The van der Waals surface area contributed by atoms with Crippen molar-refractivity contribution in [2.45, 2.75) is 26.3 Å². The van der Waals surface area contributed by atoms with E-state index < -0.39 is 5.82 Å². The first-order valence-electron chi connectivity index (χ1n) is 7.27. The SMILES string of the molecule is CCC(Nc1ncnc2cc(F)cnc12)c1ccccc1C. The first-order valence-corrected chi connectivity index (χ1v) is 7.27. The van der Waals surface area contributed by atoms with E-state index >= 15 is 0 Å². The van der Waals surface area contributed by atoms with Gasteiger partial charge in [-0.25, -0.2) is 19.3 Å². The second-order valence-corrected chi connectivity index (χ2v) is 5.21. The van der Waals surface area contributed by atoms with Gasteiger partial charge >= 0.3 is 0 Å². The third-order valence-electron chi connectivity index (χ3n) is 3.73. The molecule has 1 aromatic carbocycles. The van der Waals surface area contributed by atoms with Crippen LogP contribution < -0.4 is 5.32 Å². The molecule has 2 aromatic heterocycles. The Morgan fingerprint density at radius 3 is 2.77 bits per heavy atom. The molecule has 3 aromatic rings. The molecule has 1 unspecified atom stereocenters. The molecule has 0 aliphatic rings. The fourth-order valence-electron chi connectivity index (χ4n) is 2.57. The number of hydrogen-bond acceptors (Lipinski definition) is 4. The second kappa shape index (κ2) is 6.05. The van der Waals surface area contributed by atoms with Gasteiger partial charge in [-0.3, -0.25) is 0 Å². The highest BCUT2D eigenvalue weighted by Crippen LogP contribution is 2.26. The maximum absolute atomic E-state index is 13.3. The van der Waals surface area contributed by atoms with E-state index in [0.717, 1.165) is 6.42 Å². The zero-order chi connectivity index (χ0) is 15.5. The summed E-state index contributed by atoms with van der Waals surface area (Å²) in [5.74, 6) is 0.225. The molecule has 112 valence electrons. The fraction of sp³-hybridized carbons (Fsp3) is 0.235. The van der Waals surface area contributed by atoms with Crippen LogP contribution in [0, 0.1) is 12.7 Å². The number of fused-ring (bicyclic) bond motifs is 1. The quantitative estimate of drug-likeness (QED) is 0.789. The van der Waals surface area contributed by atoms with Crippen LogP contribution in [-0.2, 0) is 0 Å². The predicted molar refractivity (Wildman–Crippen MR) is 85.1 cm³/mol. The summed E-state index contributed by atoms with van der Waals surface area (Å²) in [6.07, 6.45) is 3.51. The van der Waals surface area contributed by atoms with Crippen LogP contribution in [0.1, 0.15) is 30.5 Å². The maximum atomic E-state index is 13.3. The van der Waals surface area contributed by atoms with Crippen LogP contribution in [0.15, 0.2) is 42.9 Å². The summed E-state index contributed by atoms with van der Waals surface area (Å²) in [7, 11) is 0. The molecule has 0 bridgehead atoms. The largest absolute Gasteiger partial charge is 0.361 e. The fourth-order valence-corrected chi connectivity index (χ4v) is 2.57. The van der Waals surface area contributed by atoms with Crippen molar-refractivity contribution in [2.24, 2.45) is 0 Å². The Kier molecular flexibility index (Phi) is 3.96. The Bertz CT molecular complexity index is 804. The summed E-state index contributed by atoms with van der Waals surface area (Å²) in [4.78, 5) is 12.5. The summed E-state index contributed by atoms with van der Waals surface area (Å²) in [6.45, 7) is 4.20. The first kappa shape index (κ1) is 14.4. The van der Waals surface area contributed by atoms with Crippen molar-refractivity contribution < 1.29 is 4.39 Å². The van der Waals surface area contributed by atoms with Crippen molar-refractivity contribution in [3.8, 4) is 0 Å². The van der Waals surface area contributed by atoms with Crippen LogP contribution in [0.3, 0.4) is 0 Å². The van der Waals surface area contributed by atoms with Crippen LogP contribution in [0.5, 0.6) is 0 Å². The molecule has 0 radical (unpaired) electrons. The topological polar surface area (TPSA) is 50.7 Å². The third kappa shape index (κ3) is 2.74. The molecular weight excluding hydrogens is 279 g/mol. The number of nitrogens with zero attached hydrogens (tertiary/aromatic N) is 3. The Labute approximate surface area is 128 Å². The number of rotatable bonds is 4. The van der Waals surface area contributed by atoms with E-state index in [1.165, 1.54) is 29.7 Å². The molecule has 0 saturated carbocycles. The Hall–Kier alpha value is -2.56. The van der Waals surface area contributed by atoms with Crippen LogP contribution in [-0.4, -0.2) is 15.0 Å². The zero-order valence-electron chi connectivity index (χ0n) is 12.5. The van der Waals surface area contributed by atoms with Gasteiger partial charge in [0, 0.05) is 6.07 Å². The van der Waals surface area contributed by atoms with Crippen LogP contribution in [0.2, 0.25) is 0 Å². The molecule has 3 rings (SSSR count). The number of benzene rings is 1. The molecule has 2 heterocycles. The molecule has 5 heteroatoms. The molecule has 1 N–H and O–H groups in total. The Balaban J connectivity index is 1.99. The van der Waals surface area contributed by atoms with Crippen molar-refractivity contribution in [1.82, 2.24) is 15.0 Å². The van der Waals surface area contributed by atoms with Gasteiger partial charge in [0.15, 0.2) is 5.82 Å². The van der Waals surface area contributed by atoms with Gasteiger partial charge in [0.2, 0.25) is 0 Å². The van der Waals surface area contributed by atoms with Gasteiger partial charge in [-0.1, -0.05) is 31.2 Å². The summed E-state index contributed by atoms with van der Waals surface area (Å²) < 4.78 is 13.3. The van der Waals surface area contributed by atoms with E-state index in [1.807, 2.05) is 12.1 Å². The zero-order valence-corrected chi connectivity index (χ0v) is 12.5. The van der Waals surface area contributed by atoms with E-state index in [9.17, 15) is 4.39 Å². The lowest BCUT2D eigenvalue weighted by Gasteiger charge is -2.20. The van der Waals surface area contributed by atoms with Crippen molar-refractivity contribution in [3.63, 3.8) is 0 Å². The molecule has 0 fully saturated rings. The molecule has 0 amide bonds. The molecule has 0 aliphatic carbocycles. The normalized spacial score (nSPS) is 12.3. The lowest BCUT2D eigenvalue weighted by atomic mass is 9.99. The second-order valence-electron chi connectivity index (χ2n) is 5.21. The summed E-state index contributed by atoms with van der Waals surface area (Å²) in [5, 5.41) is 3.41. The molecule has 0 aliphatic heterocycles. The van der Waals surface area contributed by atoms with Gasteiger partial charge in [-0.2, -0.15) is 0 Å². The summed E-state index contributed by atoms with van der Waals surface area (Å²) in [6, 6.07) is 9.72. The van der Waals surface area contributed by atoms with E-state index in [2.05, 4.69) is 46.2 Å². The first-order chi connectivity index (χ1) is 10.7. The highest BCUT2D eigenvalue weighted by Gasteiger charge is 2.14.